The van der Waals surface area contributed by atoms with Crippen LogP contribution in [0.15, 0.2) is 55.0 Å². The van der Waals surface area contributed by atoms with E-state index >= 15 is 0 Å². The number of rotatable bonds is 7. The summed E-state index contributed by atoms with van der Waals surface area (Å²) < 4.78 is 14.5. The van der Waals surface area contributed by atoms with Gasteiger partial charge in [0, 0.05) is 46.9 Å². The van der Waals surface area contributed by atoms with E-state index in [-0.39, 0.29) is 11.1 Å². The van der Waals surface area contributed by atoms with Crippen molar-refractivity contribution in [2.45, 2.75) is 0 Å². The lowest BCUT2D eigenvalue weighted by Gasteiger charge is -2.11. The topological polar surface area (TPSA) is 94.1 Å². The van der Waals surface area contributed by atoms with E-state index in [2.05, 4.69) is 25.2 Å². The second-order valence-corrected chi connectivity index (χ2v) is 7.48. The molecule has 2 aromatic heterocycles. The van der Waals surface area contributed by atoms with Crippen molar-refractivity contribution >= 4 is 22.7 Å². The molecule has 0 radical (unpaired) electrons. The van der Waals surface area contributed by atoms with Crippen molar-refractivity contribution in [1.29, 1.82) is 0 Å². The minimum absolute atomic E-state index is 0.0317. The zero-order valence-corrected chi connectivity index (χ0v) is 17.2. The fourth-order valence-electron chi connectivity index (χ4n) is 3.37. The second-order valence-electron chi connectivity index (χ2n) is 7.48. The Hall–Kier alpha value is -3.78. The molecule has 31 heavy (non-hydrogen) atoms. The van der Waals surface area contributed by atoms with Crippen molar-refractivity contribution in [1.82, 2.24) is 19.9 Å². The van der Waals surface area contributed by atoms with Gasteiger partial charge in [-0.25, -0.2) is 14.2 Å². The number of benzene rings is 2. The number of aromatic amines is 1. The first kappa shape index (κ1) is 20.5. The van der Waals surface area contributed by atoms with E-state index in [0.717, 1.165) is 29.6 Å². The first-order valence-corrected chi connectivity index (χ1v) is 9.78. The molecule has 7 nitrogen and oxygen atoms in total. The molecule has 8 heteroatoms. The summed E-state index contributed by atoms with van der Waals surface area (Å²) in [5.41, 5.74) is 3.17. The summed E-state index contributed by atoms with van der Waals surface area (Å²) in [6.07, 6.45) is 5.03. The van der Waals surface area contributed by atoms with Gasteiger partial charge in [0.15, 0.2) is 0 Å². The summed E-state index contributed by atoms with van der Waals surface area (Å²) in [5.74, 6) is -0.909. The first-order valence-electron chi connectivity index (χ1n) is 9.78. The number of carboxylic acids is 1. The van der Waals surface area contributed by atoms with E-state index < -0.39 is 11.8 Å². The number of aromatic nitrogens is 3. The number of nitrogens with one attached hydrogen (secondary N) is 2. The summed E-state index contributed by atoms with van der Waals surface area (Å²) in [6, 6.07) is 9.49. The van der Waals surface area contributed by atoms with Crippen LogP contribution in [-0.4, -0.2) is 58.1 Å². The zero-order valence-electron chi connectivity index (χ0n) is 17.2. The summed E-state index contributed by atoms with van der Waals surface area (Å²) >= 11 is 0. The van der Waals surface area contributed by atoms with Crippen molar-refractivity contribution in [3.8, 4) is 22.4 Å². The summed E-state index contributed by atoms with van der Waals surface area (Å²) in [5, 5.41) is 13.3. The normalized spacial score (nSPS) is 11.2. The minimum Gasteiger partial charge on any atom is -0.478 e. The maximum Gasteiger partial charge on any atom is 0.335 e. The summed E-state index contributed by atoms with van der Waals surface area (Å²) in [7, 11) is 4.00. The van der Waals surface area contributed by atoms with E-state index in [4.69, 9.17) is 0 Å². The molecule has 0 amide bonds. The van der Waals surface area contributed by atoms with Gasteiger partial charge in [-0.05, 0) is 44.4 Å². The number of fused-ring (bicyclic) bond motifs is 1. The fraction of sp³-hybridized carbons (Fsp3) is 0.174. The Labute approximate surface area is 178 Å². The lowest BCUT2D eigenvalue weighted by atomic mass is 10.00. The van der Waals surface area contributed by atoms with Crippen LogP contribution in [0, 0.1) is 5.82 Å². The molecule has 0 aliphatic rings. The molecular formula is C23H22FN5O2. The molecule has 3 N–H and O–H groups in total. The van der Waals surface area contributed by atoms with Gasteiger partial charge in [0.05, 0.1) is 23.7 Å². The average Bonchev–Trinajstić information content (AvgIpc) is 3.17. The predicted octanol–water partition coefficient (Wildman–Crippen LogP) is 4.10. The van der Waals surface area contributed by atoms with Crippen molar-refractivity contribution in [2.75, 3.05) is 32.5 Å². The molecule has 0 aliphatic carbocycles. The number of carbonyl (C=O) groups is 1. The molecule has 0 spiro atoms. The highest BCUT2D eigenvalue weighted by Crippen LogP contribution is 2.33. The smallest absolute Gasteiger partial charge is 0.335 e. The van der Waals surface area contributed by atoms with Gasteiger partial charge in [-0.2, -0.15) is 0 Å². The Bertz CT molecular complexity index is 1250. The van der Waals surface area contributed by atoms with Gasteiger partial charge in [-0.15, -0.1) is 0 Å². The number of hydrogen-bond donors (Lipinski definition) is 3. The summed E-state index contributed by atoms with van der Waals surface area (Å²) in [4.78, 5) is 25.4. The van der Waals surface area contributed by atoms with E-state index in [1.807, 2.05) is 32.3 Å². The lowest BCUT2D eigenvalue weighted by molar-refractivity contribution is 0.0697. The molecular weight excluding hydrogens is 397 g/mol. The van der Waals surface area contributed by atoms with E-state index in [1.54, 1.807) is 18.6 Å². The van der Waals surface area contributed by atoms with Crippen LogP contribution in [-0.2, 0) is 0 Å². The third-order valence-electron chi connectivity index (χ3n) is 4.98. The maximum atomic E-state index is 14.5. The highest BCUT2D eigenvalue weighted by molar-refractivity contribution is 5.99. The van der Waals surface area contributed by atoms with Crippen LogP contribution >= 0.6 is 0 Å². The van der Waals surface area contributed by atoms with Crippen LogP contribution < -0.4 is 5.32 Å². The number of nitrogens with zero attached hydrogens (tertiary/aromatic N) is 3. The number of hydrogen-bond acceptors (Lipinski definition) is 5. The Morgan fingerprint density at radius 1 is 1.16 bits per heavy atom. The molecule has 0 unspecified atom stereocenters. The maximum absolute atomic E-state index is 14.5. The van der Waals surface area contributed by atoms with E-state index in [0.29, 0.717) is 17.1 Å². The number of aromatic carboxylic acids is 1. The molecule has 0 fully saturated rings. The third-order valence-corrected chi connectivity index (χ3v) is 4.98. The SMILES string of the molecule is CN(C)CCNc1cncc(-c2ccc3[nH]cc(-c4cc(C(=O)O)ccc4F)c3c2)n1. The standard InChI is InChI=1S/C23H22FN5O2/c1-29(2)8-7-26-22-13-25-12-21(28-22)14-4-6-20-17(9-14)18(11-27-20)16-10-15(23(30)31)3-5-19(16)24/h3-6,9-13,27H,7-8H2,1-2H3,(H,26,28)(H,30,31). The molecule has 4 rings (SSSR count). The fourth-order valence-corrected chi connectivity index (χ4v) is 3.37. The largest absolute Gasteiger partial charge is 0.478 e. The third kappa shape index (κ3) is 4.39. The van der Waals surface area contributed by atoms with Crippen molar-refractivity contribution in [2.24, 2.45) is 0 Å². The van der Waals surface area contributed by atoms with Gasteiger partial charge < -0.3 is 20.3 Å². The Kier molecular flexibility index (Phi) is 5.64. The predicted molar refractivity (Wildman–Crippen MR) is 119 cm³/mol. The van der Waals surface area contributed by atoms with Crippen LogP contribution in [0.2, 0.25) is 0 Å². The molecule has 0 saturated heterocycles. The van der Waals surface area contributed by atoms with Gasteiger partial charge in [0.25, 0.3) is 0 Å². The number of H-pyrrole nitrogens is 1. The quantitative estimate of drug-likeness (QED) is 0.418. The highest BCUT2D eigenvalue weighted by Gasteiger charge is 2.15. The Morgan fingerprint density at radius 3 is 2.77 bits per heavy atom. The number of carboxylic acid groups (broad SMARTS) is 1. The van der Waals surface area contributed by atoms with Gasteiger partial charge in [-0.1, -0.05) is 6.07 Å². The molecule has 2 heterocycles. The Balaban J connectivity index is 1.72. The Morgan fingerprint density at radius 2 is 2.00 bits per heavy atom. The molecule has 0 bridgehead atoms. The van der Waals surface area contributed by atoms with Crippen molar-refractivity contribution in [3.05, 3.63) is 66.4 Å². The zero-order chi connectivity index (χ0) is 22.0. The van der Waals surface area contributed by atoms with Crippen LogP contribution in [0.5, 0.6) is 0 Å². The molecule has 2 aromatic carbocycles. The molecule has 0 saturated carbocycles. The van der Waals surface area contributed by atoms with Crippen molar-refractivity contribution in [3.63, 3.8) is 0 Å². The van der Waals surface area contributed by atoms with Crippen LogP contribution in [0.3, 0.4) is 0 Å². The summed E-state index contributed by atoms with van der Waals surface area (Å²) in [6.45, 7) is 1.61. The molecule has 0 atom stereocenters. The van der Waals surface area contributed by atoms with Crippen LogP contribution in [0.4, 0.5) is 10.2 Å². The number of likely N-dealkylation sites (N-methyl/N-ethyl adjacent to an activating group) is 1. The number of halogens is 1. The van der Waals surface area contributed by atoms with Gasteiger partial charge in [0.2, 0.25) is 0 Å². The van der Waals surface area contributed by atoms with E-state index in [1.165, 1.54) is 18.2 Å². The first-order chi connectivity index (χ1) is 14.9. The lowest BCUT2D eigenvalue weighted by Crippen LogP contribution is -2.21. The van der Waals surface area contributed by atoms with Gasteiger partial charge >= 0.3 is 5.97 Å². The van der Waals surface area contributed by atoms with Crippen LogP contribution in [0.1, 0.15) is 10.4 Å². The van der Waals surface area contributed by atoms with Gasteiger partial charge in [0.1, 0.15) is 11.6 Å². The average molecular weight is 419 g/mol. The monoisotopic (exact) mass is 419 g/mol. The molecule has 4 aromatic rings. The second kappa shape index (κ2) is 8.53. The number of anilines is 1. The van der Waals surface area contributed by atoms with Gasteiger partial charge in [-0.3, -0.25) is 4.98 Å². The van der Waals surface area contributed by atoms with Crippen LogP contribution in [0.25, 0.3) is 33.3 Å². The highest BCUT2D eigenvalue weighted by atomic mass is 19.1. The minimum atomic E-state index is -1.10. The van der Waals surface area contributed by atoms with E-state index in [9.17, 15) is 14.3 Å². The molecule has 158 valence electrons. The van der Waals surface area contributed by atoms with Crippen molar-refractivity contribution < 1.29 is 14.3 Å². The molecule has 0 aliphatic heterocycles.